The Morgan fingerprint density at radius 1 is 1.07 bits per heavy atom. The third kappa shape index (κ3) is 7.38. The molecule has 3 aliphatic heterocycles. The van der Waals surface area contributed by atoms with Crippen molar-refractivity contribution in [1.29, 1.82) is 0 Å². The van der Waals surface area contributed by atoms with Crippen LogP contribution in [-0.2, 0) is 15.7 Å². The van der Waals surface area contributed by atoms with Crippen LogP contribution in [0.4, 0.5) is 46.9 Å². The van der Waals surface area contributed by atoms with Gasteiger partial charge in [0.25, 0.3) is 0 Å². The number of hydrogen-bond acceptors (Lipinski definition) is 11. The highest BCUT2D eigenvalue weighted by atomic mass is 32.1. The molecule has 5 heterocycles. The van der Waals surface area contributed by atoms with Crippen molar-refractivity contribution in [3.63, 3.8) is 0 Å². The number of nitrogens with zero attached hydrogens (tertiary/aromatic N) is 6. The molecule has 20 heteroatoms. The maximum Gasteiger partial charge on any atom is 0.417 e. The van der Waals surface area contributed by atoms with Crippen LogP contribution >= 0.6 is 11.3 Å². The maximum absolute atomic E-state index is 17.3. The van der Waals surface area contributed by atoms with Gasteiger partial charge in [0.15, 0.2) is 10.9 Å². The topological polar surface area (TPSA) is 142 Å². The molecule has 2 aromatic heterocycles. The standard InChI is InChI=1S/C35H37F6N7O6S/c1-33(2,3)54-31(49)45-30-43-26-19(6-7-22(37)27(26)55-30)23-21(35(39,40)41)8-20-25(24(23)38)42-29(53-15-34(4)9-16(36)10-46(34)5)44-28(20)48-17-11-47(32(50)51)12-18(48)14-52-13-17/h6-8,16-18H,9-15H2,1-5H3,(H,50,51)(H,43,45,49)/t16-,17?,18?,34-/m1/s1. The molecule has 2 N–H and O–H groups in total. The van der Waals surface area contributed by atoms with Crippen LogP contribution in [0.25, 0.3) is 32.2 Å². The van der Waals surface area contributed by atoms with Crippen molar-refractivity contribution in [3.05, 3.63) is 35.4 Å². The van der Waals surface area contributed by atoms with Crippen LogP contribution < -0.4 is 15.0 Å². The normalized spacial score (nSPS) is 23.4. The number of piperazine rings is 1. The number of amides is 2. The van der Waals surface area contributed by atoms with Crippen molar-refractivity contribution in [3.8, 4) is 17.1 Å². The Labute approximate surface area is 314 Å². The van der Waals surface area contributed by atoms with Gasteiger partial charge in [0.2, 0.25) is 0 Å². The highest BCUT2D eigenvalue weighted by Crippen LogP contribution is 2.47. The summed E-state index contributed by atoms with van der Waals surface area (Å²) in [6, 6.07) is 0.681. The summed E-state index contributed by atoms with van der Waals surface area (Å²) in [7, 11) is 1.71. The molecular formula is C35H37F6N7O6S. The molecule has 4 atom stereocenters. The molecule has 2 amide bonds. The first-order valence-electron chi connectivity index (χ1n) is 17.3. The molecule has 2 bridgehead atoms. The van der Waals surface area contributed by atoms with Gasteiger partial charge in [-0.3, -0.25) is 10.2 Å². The van der Waals surface area contributed by atoms with E-state index in [-0.39, 0.29) is 72.4 Å². The van der Waals surface area contributed by atoms with Gasteiger partial charge < -0.3 is 29.1 Å². The van der Waals surface area contributed by atoms with Gasteiger partial charge in [0.05, 0.1) is 46.6 Å². The number of likely N-dealkylation sites (N-methyl/N-ethyl adjacent to an activating group) is 1. The molecule has 55 heavy (non-hydrogen) atoms. The quantitative estimate of drug-likeness (QED) is 0.196. The summed E-state index contributed by atoms with van der Waals surface area (Å²) in [4.78, 5) is 41.9. The molecule has 3 fully saturated rings. The number of thiazole rings is 1. The van der Waals surface area contributed by atoms with Crippen molar-refractivity contribution >= 4 is 55.6 Å². The molecule has 13 nitrogen and oxygen atoms in total. The van der Waals surface area contributed by atoms with Crippen LogP contribution in [0.1, 0.15) is 39.7 Å². The Kier molecular flexibility index (Phi) is 9.68. The highest BCUT2D eigenvalue weighted by molar-refractivity contribution is 7.22. The van der Waals surface area contributed by atoms with E-state index >= 15 is 22.0 Å². The van der Waals surface area contributed by atoms with Crippen LogP contribution in [0, 0.1) is 11.6 Å². The minimum atomic E-state index is -5.18. The summed E-state index contributed by atoms with van der Waals surface area (Å²) in [6.45, 7) is 6.38. The highest BCUT2D eigenvalue weighted by Gasteiger charge is 2.45. The number of rotatable bonds is 6. The van der Waals surface area contributed by atoms with Crippen LogP contribution in [-0.4, -0.2) is 118 Å². The van der Waals surface area contributed by atoms with Crippen molar-refractivity contribution in [1.82, 2.24) is 24.8 Å². The summed E-state index contributed by atoms with van der Waals surface area (Å²) in [5, 5.41) is 11.5. The number of alkyl halides is 4. The van der Waals surface area contributed by atoms with Gasteiger partial charge in [-0.1, -0.05) is 11.3 Å². The van der Waals surface area contributed by atoms with Gasteiger partial charge in [-0.05, 0) is 52.9 Å². The van der Waals surface area contributed by atoms with Gasteiger partial charge in [-0.25, -0.2) is 27.7 Å². The Morgan fingerprint density at radius 3 is 2.36 bits per heavy atom. The average molecular weight is 798 g/mol. The lowest BCUT2D eigenvalue weighted by molar-refractivity contribution is -0.137. The number of carbonyl (C=O) groups excluding carboxylic acids is 1. The minimum Gasteiger partial charge on any atom is -0.465 e. The number of carboxylic acid groups (broad SMARTS) is 1. The Hall–Kier alpha value is -4.69. The van der Waals surface area contributed by atoms with Gasteiger partial charge in [-0.2, -0.15) is 23.1 Å². The summed E-state index contributed by atoms with van der Waals surface area (Å²) in [5.74, 6) is -2.47. The fourth-order valence-corrected chi connectivity index (χ4v) is 8.21. The smallest absolute Gasteiger partial charge is 0.417 e. The number of carbonyl (C=O) groups is 2. The van der Waals surface area contributed by atoms with Gasteiger partial charge in [0, 0.05) is 42.6 Å². The molecule has 0 radical (unpaired) electrons. The first-order valence-corrected chi connectivity index (χ1v) is 18.1. The monoisotopic (exact) mass is 797 g/mol. The van der Waals surface area contributed by atoms with E-state index in [9.17, 15) is 19.1 Å². The number of fused-ring (bicyclic) bond motifs is 4. The number of morpholine rings is 1. The number of likely N-dealkylation sites (tertiary alicyclic amines) is 1. The van der Waals surface area contributed by atoms with Gasteiger partial charge in [-0.15, -0.1) is 0 Å². The summed E-state index contributed by atoms with van der Waals surface area (Å²) in [5.41, 5.74) is -5.54. The second-order valence-electron chi connectivity index (χ2n) is 15.2. The molecule has 3 aliphatic rings. The Bertz CT molecular complexity index is 2170. The van der Waals surface area contributed by atoms with E-state index in [2.05, 4.69) is 20.3 Å². The molecule has 7 rings (SSSR count). The lowest BCUT2D eigenvalue weighted by atomic mass is 9.94. The van der Waals surface area contributed by atoms with E-state index < -0.39 is 87.6 Å². The molecule has 2 aromatic carbocycles. The molecule has 3 saturated heterocycles. The number of aromatic nitrogens is 3. The zero-order valence-electron chi connectivity index (χ0n) is 30.3. The third-order valence-electron chi connectivity index (χ3n) is 9.92. The second kappa shape index (κ2) is 13.8. The molecule has 296 valence electrons. The zero-order chi connectivity index (χ0) is 39.8. The SMILES string of the molecule is CN1C[C@H](F)C[C@]1(C)COc1nc(N2C3COCC2CN(C(=O)O)C3)c2cc(C(F)(F)F)c(-c3ccc(F)c4sc(NC(=O)OC(C)(C)C)nc34)c(F)c2n1. The predicted molar refractivity (Wildman–Crippen MR) is 189 cm³/mol. The van der Waals surface area contributed by atoms with E-state index in [0.717, 1.165) is 12.1 Å². The van der Waals surface area contributed by atoms with E-state index in [0.29, 0.717) is 17.4 Å². The fourth-order valence-electron chi connectivity index (χ4n) is 7.33. The number of halogens is 6. The van der Waals surface area contributed by atoms with Crippen LogP contribution in [0.5, 0.6) is 6.01 Å². The fraction of sp³-hybridized carbons (Fsp3) is 0.514. The zero-order valence-corrected chi connectivity index (χ0v) is 31.1. The molecule has 0 saturated carbocycles. The number of nitrogens with one attached hydrogen (secondary N) is 1. The van der Waals surface area contributed by atoms with Gasteiger partial charge in [0.1, 0.15) is 35.5 Å². The lowest BCUT2D eigenvalue weighted by Gasteiger charge is -2.49. The van der Waals surface area contributed by atoms with Crippen LogP contribution in [0.2, 0.25) is 0 Å². The van der Waals surface area contributed by atoms with Crippen molar-refractivity contribution < 1.29 is 55.2 Å². The molecular weight excluding hydrogens is 760 g/mol. The minimum absolute atomic E-state index is 0.00747. The number of anilines is 2. The van der Waals surface area contributed by atoms with Crippen LogP contribution in [0.15, 0.2) is 18.2 Å². The summed E-state index contributed by atoms with van der Waals surface area (Å²) < 4.78 is 109. The molecule has 0 spiro atoms. The summed E-state index contributed by atoms with van der Waals surface area (Å²) >= 11 is 0.621. The molecule has 0 aliphatic carbocycles. The second-order valence-corrected chi connectivity index (χ2v) is 16.2. The largest absolute Gasteiger partial charge is 0.465 e. The lowest BCUT2D eigenvalue weighted by Crippen LogP contribution is -2.66. The van der Waals surface area contributed by atoms with E-state index in [1.165, 1.54) is 4.90 Å². The average Bonchev–Trinajstić information content (AvgIpc) is 3.61. The van der Waals surface area contributed by atoms with Crippen molar-refractivity contribution in [2.75, 3.05) is 56.7 Å². The summed E-state index contributed by atoms with van der Waals surface area (Å²) in [6.07, 6.45) is -8.36. The Morgan fingerprint density at radius 2 is 1.76 bits per heavy atom. The van der Waals surface area contributed by atoms with Gasteiger partial charge >= 0.3 is 24.4 Å². The first kappa shape index (κ1) is 38.6. The maximum atomic E-state index is 17.3. The van der Waals surface area contributed by atoms with E-state index in [4.69, 9.17) is 14.2 Å². The van der Waals surface area contributed by atoms with Crippen LogP contribution in [0.3, 0.4) is 0 Å². The van der Waals surface area contributed by atoms with E-state index in [1.54, 1.807) is 44.5 Å². The molecule has 2 unspecified atom stereocenters. The Balaban J connectivity index is 1.42. The van der Waals surface area contributed by atoms with Crippen molar-refractivity contribution in [2.45, 2.75) is 69.7 Å². The number of hydrogen-bond donors (Lipinski definition) is 2. The number of ether oxygens (including phenoxy) is 3. The number of benzene rings is 2. The van der Waals surface area contributed by atoms with Crippen molar-refractivity contribution in [2.24, 2.45) is 0 Å². The third-order valence-corrected chi connectivity index (χ3v) is 10.9. The van der Waals surface area contributed by atoms with E-state index in [1.807, 2.05) is 0 Å². The molecule has 4 aromatic rings. The first-order chi connectivity index (χ1) is 25.7. The predicted octanol–water partition coefficient (Wildman–Crippen LogP) is 6.93.